The first kappa shape index (κ1) is 11.4. The van der Waals surface area contributed by atoms with Gasteiger partial charge in [-0.15, -0.1) is 11.3 Å². The number of nitrogens with one attached hydrogen (secondary N) is 1. The van der Waals surface area contributed by atoms with E-state index >= 15 is 0 Å². The van der Waals surface area contributed by atoms with Gasteiger partial charge in [0.05, 0.1) is 15.6 Å². The molecule has 0 aromatic carbocycles. The number of nitrogens with zero attached hydrogens (tertiary/aromatic N) is 1. The van der Waals surface area contributed by atoms with E-state index in [1.807, 2.05) is 13.0 Å². The zero-order valence-corrected chi connectivity index (χ0v) is 10.3. The van der Waals surface area contributed by atoms with Crippen LogP contribution in [-0.2, 0) is 0 Å². The highest BCUT2D eigenvalue weighted by Crippen LogP contribution is 2.33. The highest BCUT2D eigenvalue weighted by Gasteiger charge is 2.17. The van der Waals surface area contributed by atoms with Crippen LogP contribution in [0.1, 0.15) is 23.0 Å². The lowest BCUT2D eigenvalue weighted by atomic mass is 10.2. The lowest BCUT2D eigenvalue weighted by Crippen LogP contribution is -2.43. The molecular weight excluding hydrogens is 222 g/mol. The van der Waals surface area contributed by atoms with Crippen molar-refractivity contribution in [2.45, 2.75) is 13.3 Å². The van der Waals surface area contributed by atoms with Crippen LogP contribution in [0.25, 0.3) is 0 Å². The van der Waals surface area contributed by atoms with E-state index in [1.54, 1.807) is 0 Å². The Bertz CT molecular complexity index is 383. The van der Waals surface area contributed by atoms with Gasteiger partial charge in [0.15, 0.2) is 5.78 Å². The third kappa shape index (κ3) is 2.20. The van der Waals surface area contributed by atoms with Crippen LogP contribution in [0.3, 0.4) is 0 Å². The molecular formula is C11H17N3OS. The average molecular weight is 239 g/mol. The Morgan fingerprint density at radius 1 is 1.56 bits per heavy atom. The number of carbonyl (C=O) groups is 1. The van der Waals surface area contributed by atoms with Crippen LogP contribution in [0.15, 0.2) is 6.07 Å². The largest absolute Gasteiger partial charge is 0.397 e. The average Bonchev–Trinajstić information content (AvgIpc) is 2.71. The van der Waals surface area contributed by atoms with Gasteiger partial charge in [-0.05, 0) is 6.07 Å². The zero-order valence-electron chi connectivity index (χ0n) is 9.45. The van der Waals surface area contributed by atoms with Crippen molar-refractivity contribution in [2.24, 2.45) is 0 Å². The van der Waals surface area contributed by atoms with Gasteiger partial charge in [-0.1, -0.05) is 6.92 Å². The molecule has 0 bridgehead atoms. The summed E-state index contributed by atoms with van der Waals surface area (Å²) in [5, 5.41) is 4.43. The fraction of sp³-hybridized carbons (Fsp3) is 0.545. The number of hydrogen-bond donors (Lipinski definition) is 2. The molecule has 16 heavy (non-hydrogen) atoms. The maximum Gasteiger partial charge on any atom is 0.174 e. The van der Waals surface area contributed by atoms with Crippen molar-refractivity contribution in [3.63, 3.8) is 0 Å². The van der Waals surface area contributed by atoms with Crippen molar-refractivity contribution >= 4 is 27.8 Å². The lowest BCUT2D eigenvalue weighted by Gasteiger charge is -2.27. The van der Waals surface area contributed by atoms with E-state index in [0.717, 1.165) is 36.1 Å². The summed E-state index contributed by atoms with van der Waals surface area (Å²) in [6.45, 7) is 5.83. The Balaban J connectivity index is 2.19. The topological polar surface area (TPSA) is 58.4 Å². The van der Waals surface area contributed by atoms with Gasteiger partial charge < -0.3 is 16.0 Å². The SMILES string of the molecule is CCC(=O)c1sc(N2CCNCC2)cc1N. The van der Waals surface area contributed by atoms with Gasteiger partial charge >= 0.3 is 0 Å². The maximum atomic E-state index is 11.6. The molecule has 88 valence electrons. The van der Waals surface area contributed by atoms with Gasteiger partial charge in [-0.2, -0.15) is 0 Å². The fourth-order valence-electron chi connectivity index (χ4n) is 1.81. The number of carbonyl (C=O) groups excluding carboxylic acids is 1. The van der Waals surface area contributed by atoms with Crippen LogP contribution >= 0.6 is 11.3 Å². The number of ketones is 1. The molecule has 1 aliphatic heterocycles. The minimum Gasteiger partial charge on any atom is -0.397 e. The quantitative estimate of drug-likeness (QED) is 0.781. The summed E-state index contributed by atoms with van der Waals surface area (Å²) in [5.74, 6) is 0.142. The van der Waals surface area contributed by atoms with Crippen LogP contribution in [0, 0.1) is 0 Å². The number of nitrogen functional groups attached to an aromatic ring is 1. The third-order valence-electron chi connectivity index (χ3n) is 2.75. The summed E-state index contributed by atoms with van der Waals surface area (Å²) >= 11 is 1.52. The predicted molar refractivity (Wildman–Crippen MR) is 68.4 cm³/mol. The molecule has 2 rings (SSSR count). The Morgan fingerprint density at radius 3 is 2.88 bits per heavy atom. The van der Waals surface area contributed by atoms with Gasteiger partial charge in [-0.25, -0.2) is 0 Å². The molecule has 0 saturated carbocycles. The number of Topliss-reactive ketones (excluding diaryl/α,β-unsaturated/α-hetero) is 1. The van der Waals surface area contributed by atoms with Crippen LogP contribution < -0.4 is 16.0 Å². The highest BCUT2D eigenvalue weighted by molar-refractivity contribution is 7.18. The van der Waals surface area contributed by atoms with E-state index in [2.05, 4.69) is 10.2 Å². The fourth-order valence-corrected chi connectivity index (χ4v) is 2.95. The highest BCUT2D eigenvalue weighted by atomic mass is 32.1. The van der Waals surface area contributed by atoms with Gasteiger partial charge in [0.1, 0.15) is 0 Å². The lowest BCUT2D eigenvalue weighted by molar-refractivity contribution is 0.0993. The van der Waals surface area contributed by atoms with Gasteiger partial charge in [0, 0.05) is 32.6 Å². The molecule has 0 unspecified atom stereocenters. The van der Waals surface area contributed by atoms with Crippen molar-refractivity contribution in [2.75, 3.05) is 36.8 Å². The second-order valence-electron chi connectivity index (χ2n) is 3.88. The number of thiophene rings is 1. The number of hydrogen-bond acceptors (Lipinski definition) is 5. The molecule has 0 atom stereocenters. The molecule has 1 aromatic rings. The minimum absolute atomic E-state index is 0.142. The molecule has 5 heteroatoms. The van der Waals surface area contributed by atoms with Crippen molar-refractivity contribution in [1.29, 1.82) is 0 Å². The maximum absolute atomic E-state index is 11.6. The van der Waals surface area contributed by atoms with Gasteiger partial charge in [0.25, 0.3) is 0 Å². The van der Waals surface area contributed by atoms with Crippen molar-refractivity contribution in [3.05, 3.63) is 10.9 Å². The first-order chi connectivity index (χ1) is 7.72. The van der Waals surface area contributed by atoms with E-state index in [0.29, 0.717) is 12.1 Å². The van der Waals surface area contributed by atoms with Crippen LogP contribution in [0.5, 0.6) is 0 Å². The Morgan fingerprint density at radius 2 is 2.25 bits per heavy atom. The van der Waals surface area contributed by atoms with E-state index in [9.17, 15) is 4.79 Å². The van der Waals surface area contributed by atoms with Crippen LogP contribution in [0.4, 0.5) is 10.7 Å². The second-order valence-corrected chi connectivity index (χ2v) is 4.91. The summed E-state index contributed by atoms with van der Waals surface area (Å²) in [6, 6.07) is 1.93. The van der Waals surface area contributed by atoms with E-state index < -0.39 is 0 Å². The van der Waals surface area contributed by atoms with E-state index in [1.165, 1.54) is 11.3 Å². The molecule has 1 aromatic heterocycles. The summed E-state index contributed by atoms with van der Waals surface area (Å²) in [6.07, 6.45) is 0.520. The first-order valence-corrected chi connectivity index (χ1v) is 6.42. The first-order valence-electron chi connectivity index (χ1n) is 5.60. The van der Waals surface area contributed by atoms with Crippen molar-refractivity contribution in [3.8, 4) is 0 Å². The predicted octanol–water partition coefficient (Wildman–Crippen LogP) is 1.33. The molecule has 0 spiro atoms. The van der Waals surface area contributed by atoms with Crippen molar-refractivity contribution in [1.82, 2.24) is 5.32 Å². The van der Waals surface area contributed by atoms with Crippen molar-refractivity contribution < 1.29 is 4.79 Å². The standard InChI is InChI=1S/C11H17N3OS/c1-2-9(15)11-8(12)7-10(16-11)14-5-3-13-4-6-14/h7,13H,2-6,12H2,1H3. The number of piperazine rings is 1. The summed E-state index contributed by atoms with van der Waals surface area (Å²) in [5.41, 5.74) is 6.50. The Kier molecular flexibility index (Phi) is 3.46. The summed E-state index contributed by atoms with van der Waals surface area (Å²) < 4.78 is 0. The third-order valence-corrected chi connectivity index (χ3v) is 4.00. The second kappa shape index (κ2) is 4.84. The monoisotopic (exact) mass is 239 g/mol. The van der Waals surface area contributed by atoms with Gasteiger partial charge in [-0.3, -0.25) is 4.79 Å². The number of nitrogens with two attached hydrogens (primary N) is 1. The molecule has 4 nitrogen and oxygen atoms in total. The molecule has 1 aliphatic rings. The molecule has 0 aliphatic carbocycles. The number of rotatable bonds is 3. The summed E-state index contributed by atoms with van der Waals surface area (Å²) in [4.78, 5) is 14.6. The molecule has 0 amide bonds. The smallest absolute Gasteiger partial charge is 0.174 e. The molecule has 0 radical (unpaired) electrons. The van der Waals surface area contributed by atoms with E-state index in [-0.39, 0.29) is 5.78 Å². The van der Waals surface area contributed by atoms with Gasteiger partial charge in [0.2, 0.25) is 0 Å². The molecule has 1 fully saturated rings. The van der Waals surface area contributed by atoms with E-state index in [4.69, 9.17) is 5.73 Å². The molecule has 1 saturated heterocycles. The molecule has 2 heterocycles. The normalized spacial score (nSPS) is 16.4. The molecule has 3 N–H and O–H groups in total. The Labute approximate surface area is 99.4 Å². The minimum atomic E-state index is 0.142. The Hall–Kier alpha value is -1.07. The number of anilines is 2. The van der Waals surface area contributed by atoms with Crippen LogP contribution in [-0.4, -0.2) is 32.0 Å². The zero-order chi connectivity index (χ0) is 11.5. The summed E-state index contributed by atoms with van der Waals surface area (Å²) in [7, 11) is 0. The van der Waals surface area contributed by atoms with Crippen LogP contribution in [0.2, 0.25) is 0 Å².